The molecule has 3 atom stereocenters. The van der Waals surface area contributed by atoms with Gasteiger partial charge in [0.2, 0.25) is 0 Å². The Morgan fingerprint density at radius 3 is 2.09 bits per heavy atom. The molecule has 1 N–H and O–H groups in total. The molecule has 2 aromatic carbocycles. The smallest absolute Gasteiger partial charge is 0.186 e. The van der Waals surface area contributed by atoms with Crippen molar-refractivity contribution in [2.24, 2.45) is 0 Å². The zero-order valence-electron chi connectivity index (χ0n) is 22.6. The molecule has 0 amide bonds. The summed E-state index contributed by atoms with van der Waals surface area (Å²) in [4.78, 5) is 13.6. The lowest BCUT2D eigenvalue weighted by Crippen LogP contribution is -2.08. The molecule has 2 nitrogen and oxygen atoms in total. The van der Waals surface area contributed by atoms with Crippen LogP contribution in [0, 0.1) is 0 Å². The van der Waals surface area contributed by atoms with Gasteiger partial charge in [-0.15, -0.1) is 0 Å². The number of rotatable bonds is 13. The van der Waals surface area contributed by atoms with Crippen LogP contribution in [0.1, 0.15) is 143 Å². The molecular weight excluding hydrogens is 416 g/mol. The van der Waals surface area contributed by atoms with Crippen molar-refractivity contribution < 1.29 is 9.90 Å². The van der Waals surface area contributed by atoms with E-state index in [4.69, 9.17) is 0 Å². The Morgan fingerprint density at radius 2 is 1.47 bits per heavy atom. The van der Waals surface area contributed by atoms with Gasteiger partial charge in [0.15, 0.2) is 5.78 Å². The van der Waals surface area contributed by atoms with Crippen molar-refractivity contribution >= 4 is 11.9 Å². The summed E-state index contributed by atoms with van der Waals surface area (Å²) in [6, 6.07) is 10.6. The molecule has 2 rings (SSSR count). The topological polar surface area (TPSA) is 37.3 Å². The molecule has 2 heteroatoms. The normalized spacial score (nSPS) is 14.3. The van der Waals surface area contributed by atoms with Crippen LogP contribution < -0.4 is 0 Å². The average molecular weight is 463 g/mol. The van der Waals surface area contributed by atoms with Crippen LogP contribution in [0.5, 0.6) is 5.75 Å². The monoisotopic (exact) mass is 462 g/mol. The number of aromatic hydroxyl groups is 1. The lowest BCUT2D eigenvalue weighted by Gasteiger charge is -2.20. The Hall–Kier alpha value is -2.35. The van der Waals surface area contributed by atoms with E-state index in [0.717, 1.165) is 61.6 Å². The summed E-state index contributed by atoms with van der Waals surface area (Å²) in [5, 5.41) is 11.0. The lowest BCUT2D eigenvalue weighted by molar-refractivity contribution is 0.104. The van der Waals surface area contributed by atoms with E-state index in [0.29, 0.717) is 17.4 Å². The molecule has 186 valence electrons. The van der Waals surface area contributed by atoms with Gasteiger partial charge in [0.25, 0.3) is 0 Å². The van der Waals surface area contributed by atoms with Crippen molar-refractivity contribution in [3.05, 3.63) is 69.8 Å². The van der Waals surface area contributed by atoms with Crippen LogP contribution in [0.25, 0.3) is 6.08 Å². The Labute approximate surface area is 208 Å². The summed E-state index contributed by atoms with van der Waals surface area (Å²) >= 11 is 0. The first-order valence-electron chi connectivity index (χ1n) is 13.5. The van der Waals surface area contributed by atoms with Crippen molar-refractivity contribution in [1.82, 2.24) is 0 Å². The summed E-state index contributed by atoms with van der Waals surface area (Å²) in [6.45, 7) is 15.3. The number of hydrogen-bond acceptors (Lipinski definition) is 2. The number of carbonyl (C=O) groups excluding carboxylic acids is 1. The molecular formula is C32H46O2. The van der Waals surface area contributed by atoms with E-state index in [1.54, 1.807) is 6.08 Å². The predicted molar refractivity (Wildman–Crippen MR) is 147 cm³/mol. The Kier molecular flexibility index (Phi) is 11.1. The Bertz CT molecular complexity index is 969. The molecule has 0 bridgehead atoms. The van der Waals surface area contributed by atoms with Gasteiger partial charge < -0.3 is 5.11 Å². The third kappa shape index (κ3) is 7.08. The lowest BCUT2D eigenvalue weighted by atomic mass is 9.85. The van der Waals surface area contributed by atoms with E-state index in [1.165, 1.54) is 11.1 Å². The first-order valence-corrected chi connectivity index (χ1v) is 13.5. The number of phenols is 1. The van der Waals surface area contributed by atoms with Crippen molar-refractivity contribution in [2.75, 3.05) is 0 Å². The molecule has 0 saturated heterocycles. The van der Waals surface area contributed by atoms with Crippen molar-refractivity contribution in [2.45, 2.75) is 111 Å². The number of aryl methyl sites for hydroxylation is 1. The zero-order valence-corrected chi connectivity index (χ0v) is 22.6. The highest BCUT2D eigenvalue weighted by molar-refractivity contribution is 6.08. The standard InChI is InChI=1S/C32H46O2/c1-8-12-22(5)27-20-29(32(31(34)21-27)24(7)14-10-3)30(33)18-16-26-19-25(11-4)15-17-28(26)23(6)13-9-2/h15-24,34H,8-14H2,1-7H3/b18-16+. The molecule has 0 aliphatic rings. The zero-order chi connectivity index (χ0) is 25.3. The second kappa shape index (κ2) is 13.5. The summed E-state index contributed by atoms with van der Waals surface area (Å²) in [6.07, 6.45) is 11.0. The SMILES string of the molecule is CCCC(C)c1cc(O)c(C(C)CCC)c(C(=O)/C=C/c2cc(CC)ccc2C(C)CCC)c1. The summed E-state index contributed by atoms with van der Waals surface area (Å²) in [5.41, 5.74) is 6.22. The van der Waals surface area contributed by atoms with Crippen LogP contribution in [-0.2, 0) is 6.42 Å². The predicted octanol–water partition coefficient (Wildman–Crippen LogP) is 9.56. The number of ketones is 1. The molecule has 0 fully saturated rings. The molecule has 0 saturated carbocycles. The van der Waals surface area contributed by atoms with E-state index in [2.05, 4.69) is 66.7 Å². The van der Waals surface area contributed by atoms with E-state index < -0.39 is 0 Å². The third-order valence-electron chi connectivity index (χ3n) is 7.18. The first kappa shape index (κ1) is 27.9. The van der Waals surface area contributed by atoms with E-state index >= 15 is 0 Å². The fourth-order valence-electron chi connectivity index (χ4n) is 5.12. The molecule has 34 heavy (non-hydrogen) atoms. The van der Waals surface area contributed by atoms with Gasteiger partial charge in [-0.25, -0.2) is 0 Å². The summed E-state index contributed by atoms with van der Waals surface area (Å²) < 4.78 is 0. The number of carbonyl (C=O) groups is 1. The highest BCUT2D eigenvalue weighted by atomic mass is 16.3. The van der Waals surface area contributed by atoms with Crippen LogP contribution in [0.3, 0.4) is 0 Å². The minimum absolute atomic E-state index is 0.0187. The number of benzene rings is 2. The molecule has 0 heterocycles. The van der Waals surface area contributed by atoms with E-state index in [1.807, 2.05) is 18.2 Å². The maximum Gasteiger partial charge on any atom is 0.186 e. The Balaban J connectivity index is 2.53. The number of hydrogen-bond donors (Lipinski definition) is 1. The molecule has 0 radical (unpaired) electrons. The first-order chi connectivity index (χ1) is 16.3. The van der Waals surface area contributed by atoms with Crippen LogP contribution >= 0.6 is 0 Å². The number of phenolic OH excluding ortho intramolecular Hbond substituents is 1. The average Bonchev–Trinajstić information content (AvgIpc) is 2.82. The molecule has 0 aliphatic carbocycles. The Morgan fingerprint density at radius 1 is 0.853 bits per heavy atom. The molecule has 0 spiro atoms. The quantitative estimate of drug-likeness (QED) is 0.238. The van der Waals surface area contributed by atoms with Crippen LogP contribution in [0.15, 0.2) is 36.4 Å². The van der Waals surface area contributed by atoms with Crippen LogP contribution in [0.2, 0.25) is 0 Å². The highest BCUT2D eigenvalue weighted by Gasteiger charge is 2.21. The van der Waals surface area contributed by atoms with Crippen molar-refractivity contribution in [3.63, 3.8) is 0 Å². The van der Waals surface area contributed by atoms with Crippen LogP contribution in [-0.4, -0.2) is 10.9 Å². The second-order valence-electron chi connectivity index (χ2n) is 10.1. The van der Waals surface area contributed by atoms with Gasteiger partial charge in [-0.05, 0) is 83.9 Å². The molecule has 2 aromatic rings. The van der Waals surface area contributed by atoms with Crippen LogP contribution in [0.4, 0.5) is 0 Å². The van der Waals surface area contributed by atoms with Crippen molar-refractivity contribution in [1.29, 1.82) is 0 Å². The van der Waals surface area contributed by atoms with Crippen molar-refractivity contribution in [3.8, 4) is 5.75 Å². The summed E-state index contributed by atoms with van der Waals surface area (Å²) in [7, 11) is 0. The maximum atomic E-state index is 13.6. The van der Waals surface area contributed by atoms with Gasteiger partial charge in [-0.1, -0.05) is 92.0 Å². The minimum Gasteiger partial charge on any atom is -0.508 e. The molecule has 3 unspecified atom stereocenters. The van der Waals surface area contributed by atoms with E-state index in [-0.39, 0.29) is 17.5 Å². The number of allylic oxidation sites excluding steroid dienone is 1. The molecule has 0 aromatic heterocycles. The van der Waals surface area contributed by atoms with Gasteiger partial charge >= 0.3 is 0 Å². The van der Waals surface area contributed by atoms with Gasteiger partial charge in [-0.2, -0.15) is 0 Å². The largest absolute Gasteiger partial charge is 0.508 e. The molecule has 0 aliphatic heterocycles. The van der Waals surface area contributed by atoms with Gasteiger partial charge in [0, 0.05) is 11.1 Å². The van der Waals surface area contributed by atoms with Gasteiger partial charge in [0.05, 0.1) is 0 Å². The van der Waals surface area contributed by atoms with Gasteiger partial charge in [0.1, 0.15) is 5.75 Å². The van der Waals surface area contributed by atoms with E-state index in [9.17, 15) is 9.90 Å². The maximum absolute atomic E-state index is 13.6. The summed E-state index contributed by atoms with van der Waals surface area (Å²) in [5.74, 6) is 1.15. The second-order valence-corrected chi connectivity index (χ2v) is 10.1. The fourth-order valence-corrected chi connectivity index (χ4v) is 5.12. The highest BCUT2D eigenvalue weighted by Crippen LogP contribution is 2.37. The third-order valence-corrected chi connectivity index (χ3v) is 7.18. The van der Waals surface area contributed by atoms with Gasteiger partial charge in [-0.3, -0.25) is 4.79 Å². The minimum atomic E-state index is -0.0187. The fraction of sp³-hybridized carbons (Fsp3) is 0.531.